The molecule has 0 saturated heterocycles. The second kappa shape index (κ2) is 7.26. The van der Waals surface area contributed by atoms with E-state index in [1.54, 1.807) is 24.3 Å². The average Bonchev–Trinajstić information content (AvgIpc) is 3.23. The second-order valence-corrected chi connectivity index (χ2v) is 7.45. The van der Waals surface area contributed by atoms with Crippen molar-refractivity contribution in [2.75, 3.05) is 11.9 Å². The number of anilines is 1. The smallest absolute Gasteiger partial charge is 0.287 e. The van der Waals surface area contributed by atoms with Gasteiger partial charge in [-0.2, -0.15) is 0 Å². The van der Waals surface area contributed by atoms with Crippen molar-refractivity contribution < 1.29 is 23.5 Å². The lowest BCUT2D eigenvalue weighted by molar-refractivity contribution is -0.115. The first kappa shape index (κ1) is 17.9. The Morgan fingerprint density at radius 1 is 1.04 bits per heavy atom. The minimum atomic E-state index is -0.547. The second-order valence-electron chi connectivity index (χ2n) is 6.67. The Kier molecular flexibility index (Phi) is 4.82. The van der Waals surface area contributed by atoms with Gasteiger partial charge in [0, 0.05) is 24.6 Å². The highest BCUT2D eigenvalue weighted by Gasteiger charge is 2.42. The van der Waals surface area contributed by atoms with Crippen LogP contribution in [0.25, 0.3) is 0 Å². The minimum absolute atomic E-state index is 0.135. The molecule has 1 aliphatic carbocycles. The van der Waals surface area contributed by atoms with E-state index in [-0.39, 0.29) is 18.2 Å². The number of rotatable bonds is 4. The molecule has 0 bridgehead atoms. The van der Waals surface area contributed by atoms with E-state index in [4.69, 9.17) is 13.9 Å². The summed E-state index contributed by atoms with van der Waals surface area (Å²) in [5, 5.41) is 5.26. The number of halogens is 1. The van der Waals surface area contributed by atoms with Crippen LogP contribution < -0.4 is 20.1 Å². The van der Waals surface area contributed by atoms with Crippen molar-refractivity contribution in [3.05, 3.63) is 40.8 Å². The minimum Gasteiger partial charge on any atom is -0.448 e. The van der Waals surface area contributed by atoms with Crippen LogP contribution in [0.5, 0.6) is 11.5 Å². The molecular weight excluding hydrogens is 416 g/mol. The molecule has 142 valence electrons. The zero-order valence-electron chi connectivity index (χ0n) is 14.5. The number of hydrogen-bond acceptors (Lipinski definition) is 5. The number of ether oxygens (including phenoxy) is 2. The molecule has 0 unspecified atom stereocenters. The fraction of sp³-hybridized carbons (Fsp3) is 0.368. The molecule has 1 aromatic carbocycles. The van der Waals surface area contributed by atoms with E-state index in [9.17, 15) is 9.59 Å². The number of benzene rings is 1. The summed E-state index contributed by atoms with van der Waals surface area (Å²) in [4.78, 5) is 24.0. The molecule has 1 aliphatic heterocycles. The van der Waals surface area contributed by atoms with Gasteiger partial charge >= 0.3 is 0 Å². The Labute approximate surface area is 164 Å². The molecule has 1 saturated carbocycles. The van der Waals surface area contributed by atoms with Gasteiger partial charge in [0.1, 0.15) is 0 Å². The van der Waals surface area contributed by atoms with E-state index in [2.05, 4.69) is 26.6 Å². The molecule has 2 N–H and O–H groups in total. The molecule has 2 aliphatic rings. The molecule has 1 aromatic heterocycles. The highest BCUT2D eigenvalue weighted by atomic mass is 79.9. The van der Waals surface area contributed by atoms with Crippen LogP contribution in [0.1, 0.15) is 42.7 Å². The Morgan fingerprint density at radius 2 is 1.81 bits per heavy atom. The fourth-order valence-electron chi connectivity index (χ4n) is 3.36. The first-order valence-corrected chi connectivity index (χ1v) is 9.68. The topological polar surface area (TPSA) is 89.8 Å². The number of carbonyl (C=O) groups is 2. The van der Waals surface area contributed by atoms with Crippen molar-refractivity contribution >= 4 is 33.4 Å². The molecule has 2 heterocycles. The van der Waals surface area contributed by atoms with E-state index in [1.165, 1.54) is 12.5 Å². The Morgan fingerprint density at radius 3 is 2.56 bits per heavy atom. The van der Waals surface area contributed by atoms with E-state index in [1.807, 2.05) is 0 Å². The van der Waals surface area contributed by atoms with E-state index < -0.39 is 11.7 Å². The number of hydrogen-bond donors (Lipinski definition) is 2. The van der Waals surface area contributed by atoms with Gasteiger partial charge in [0.25, 0.3) is 11.7 Å². The van der Waals surface area contributed by atoms with Crippen molar-refractivity contribution in [2.45, 2.75) is 37.9 Å². The van der Waals surface area contributed by atoms with E-state index in [0.717, 1.165) is 25.7 Å². The summed E-state index contributed by atoms with van der Waals surface area (Å²) in [6.45, 7) is -0.171. The quantitative estimate of drug-likeness (QED) is 0.762. The standard InChI is InChI=1S/C19H19BrN2O5/c20-16-7-6-14(25-16)18(24)21-11-17(23)22-12-4-5-13-15(10-12)27-19(26-13)8-2-1-3-9-19/h4-7,10H,1-3,8-9,11H2,(H,21,24)(H,22,23). The maximum atomic E-state index is 12.1. The normalized spacial score (nSPS) is 16.9. The molecule has 27 heavy (non-hydrogen) atoms. The van der Waals surface area contributed by atoms with Gasteiger partial charge in [0.05, 0.1) is 6.54 Å². The summed E-state index contributed by atoms with van der Waals surface area (Å²) >= 11 is 3.13. The van der Waals surface area contributed by atoms with Gasteiger partial charge in [-0.1, -0.05) is 6.42 Å². The molecule has 2 aromatic rings. The van der Waals surface area contributed by atoms with Crippen molar-refractivity contribution in [1.82, 2.24) is 5.32 Å². The number of nitrogens with one attached hydrogen (secondary N) is 2. The van der Waals surface area contributed by atoms with Crippen molar-refractivity contribution in [3.8, 4) is 11.5 Å². The average molecular weight is 435 g/mol. The summed E-state index contributed by atoms with van der Waals surface area (Å²) in [6, 6.07) is 8.44. The third-order valence-corrected chi connectivity index (χ3v) is 5.07. The summed E-state index contributed by atoms with van der Waals surface area (Å²) in [7, 11) is 0. The van der Waals surface area contributed by atoms with E-state index >= 15 is 0 Å². The third kappa shape index (κ3) is 3.95. The molecule has 8 heteroatoms. The molecular formula is C19H19BrN2O5. The lowest BCUT2D eigenvalue weighted by Gasteiger charge is -2.31. The number of amides is 2. The van der Waals surface area contributed by atoms with Gasteiger partial charge in [-0.25, -0.2) is 0 Å². The van der Waals surface area contributed by atoms with E-state index in [0.29, 0.717) is 21.9 Å². The zero-order valence-corrected chi connectivity index (χ0v) is 16.1. The molecule has 7 nitrogen and oxygen atoms in total. The van der Waals surface area contributed by atoms with Crippen LogP contribution in [0.3, 0.4) is 0 Å². The predicted molar refractivity (Wildman–Crippen MR) is 101 cm³/mol. The van der Waals surface area contributed by atoms with Gasteiger partial charge in [-0.3, -0.25) is 9.59 Å². The SMILES string of the molecule is O=C(CNC(=O)c1ccc(Br)o1)Nc1ccc2c(c1)OC1(CCCCC1)O2. The van der Waals surface area contributed by atoms with Crippen LogP contribution >= 0.6 is 15.9 Å². The first-order chi connectivity index (χ1) is 13.0. The molecule has 0 radical (unpaired) electrons. The van der Waals surface area contributed by atoms with Crippen LogP contribution in [-0.2, 0) is 4.79 Å². The largest absolute Gasteiger partial charge is 0.448 e. The molecule has 1 spiro atoms. The summed E-state index contributed by atoms with van der Waals surface area (Å²) in [5.41, 5.74) is 0.588. The highest BCUT2D eigenvalue weighted by Crippen LogP contribution is 2.46. The fourth-order valence-corrected chi connectivity index (χ4v) is 3.66. The monoisotopic (exact) mass is 434 g/mol. The van der Waals surface area contributed by atoms with Gasteiger partial charge in [-0.15, -0.1) is 0 Å². The van der Waals surface area contributed by atoms with Crippen molar-refractivity contribution in [2.24, 2.45) is 0 Å². The van der Waals surface area contributed by atoms with Crippen molar-refractivity contribution in [3.63, 3.8) is 0 Å². The van der Waals surface area contributed by atoms with Crippen LogP contribution in [-0.4, -0.2) is 24.1 Å². The lowest BCUT2D eigenvalue weighted by Crippen LogP contribution is -2.40. The number of carbonyl (C=O) groups excluding carboxylic acids is 2. The van der Waals surface area contributed by atoms with Crippen LogP contribution in [0.4, 0.5) is 5.69 Å². The highest BCUT2D eigenvalue weighted by molar-refractivity contribution is 9.10. The zero-order chi connectivity index (χ0) is 18.9. The van der Waals surface area contributed by atoms with Gasteiger partial charge in [0.15, 0.2) is 21.9 Å². The summed E-state index contributed by atoms with van der Waals surface area (Å²) in [5.74, 6) is 0.122. The predicted octanol–water partition coefficient (Wildman–Crippen LogP) is 3.84. The van der Waals surface area contributed by atoms with Crippen LogP contribution in [0.2, 0.25) is 0 Å². The third-order valence-electron chi connectivity index (χ3n) is 4.64. The van der Waals surface area contributed by atoms with Crippen LogP contribution in [0.15, 0.2) is 39.4 Å². The van der Waals surface area contributed by atoms with Gasteiger partial charge < -0.3 is 24.5 Å². The lowest BCUT2D eigenvalue weighted by atomic mass is 9.94. The Bertz CT molecular complexity index is 873. The number of furan rings is 1. The Balaban J connectivity index is 1.33. The maximum absolute atomic E-state index is 12.1. The number of fused-ring (bicyclic) bond motifs is 1. The molecule has 4 rings (SSSR count). The van der Waals surface area contributed by atoms with Crippen molar-refractivity contribution in [1.29, 1.82) is 0 Å². The summed E-state index contributed by atoms with van der Waals surface area (Å²) in [6.07, 6.45) is 5.12. The Hall–Kier alpha value is -2.48. The van der Waals surface area contributed by atoms with Gasteiger partial charge in [0.2, 0.25) is 5.91 Å². The molecule has 2 amide bonds. The molecule has 1 fully saturated rings. The molecule has 0 atom stereocenters. The van der Waals surface area contributed by atoms with Crippen LogP contribution in [0, 0.1) is 0 Å². The summed E-state index contributed by atoms with van der Waals surface area (Å²) < 4.78 is 17.7. The maximum Gasteiger partial charge on any atom is 0.287 e. The first-order valence-electron chi connectivity index (χ1n) is 8.88. The van der Waals surface area contributed by atoms with Gasteiger partial charge in [-0.05, 0) is 53.0 Å².